The van der Waals surface area contributed by atoms with Crippen LogP contribution in [0.5, 0.6) is 23.0 Å². The largest absolute Gasteiger partial charge is 0.497 e. The molecule has 2 atom stereocenters. The van der Waals surface area contributed by atoms with E-state index in [0.29, 0.717) is 33.7 Å². The van der Waals surface area contributed by atoms with Gasteiger partial charge in [0, 0.05) is 22.6 Å². The van der Waals surface area contributed by atoms with Crippen LogP contribution in [0.4, 0.5) is 0 Å². The normalized spacial score (nSPS) is 18.7. The molecule has 0 spiro atoms. The molecule has 0 aromatic heterocycles. The third-order valence-electron chi connectivity index (χ3n) is 5.92. The van der Waals surface area contributed by atoms with Gasteiger partial charge in [0.15, 0.2) is 11.5 Å². The lowest BCUT2D eigenvalue weighted by atomic mass is 9.95. The third-order valence-corrected chi connectivity index (χ3v) is 6.42. The quantitative estimate of drug-likeness (QED) is 0.427. The number of hydrogen-bond donors (Lipinski definition) is 0. The van der Waals surface area contributed by atoms with E-state index in [9.17, 15) is 0 Å². The molecule has 33 heavy (non-hydrogen) atoms. The number of nitrogens with zero attached hydrogens (tertiary/aromatic N) is 2. The molecule has 8 heteroatoms. The average molecular weight is 485 g/mol. The van der Waals surface area contributed by atoms with Crippen molar-refractivity contribution in [1.82, 2.24) is 5.01 Å². The van der Waals surface area contributed by atoms with Crippen molar-refractivity contribution in [3.63, 3.8) is 0 Å². The van der Waals surface area contributed by atoms with Gasteiger partial charge >= 0.3 is 0 Å². The highest BCUT2D eigenvalue weighted by molar-refractivity contribution is 6.35. The van der Waals surface area contributed by atoms with E-state index in [-0.39, 0.29) is 6.04 Å². The lowest BCUT2D eigenvalue weighted by Crippen LogP contribution is -2.33. The fourth-order valence-corrected chi connectivity index (χ4v) is 4.85. The summed E-state index contributed by atoms with van der Waals surface area (Å²) in [5.41, 5.74) is 3.75. The number of ether oxygens (including phenoxy) is 4. The lowest BCUT2D eigenvalue weighted by Gasteiger charge is -2.38. The SMILES string of the molecule is COc1ccc(C2=NN3[C@@H](c4ccc(OC)c(OC)c4)Oc4c(Cl)cc(Cl)cc4[C@@H]3C2)cc1. The van der Waals surface area contributed by atoms with Crippen LogP contribution in [0.3, 0.4) is 0 Å². The van der Waals surface area contributed by atoms with Gasteiger partial charge in [0.25, 0.3) is 0 Å². The second-order valence-electron chi connectivity index (χ2n) is 7.77. The molecule has 0 amide bonds. The van der Waals surface area contributed by atoms with Gasteiger partial charge in [0.05, 0.1) is 38.1 Å². The molecule has 2 aliphatic heterocycles. The Labute approximate surface area is 202 Å². The fraction of sp³-hybridized carbons (Fsp3) is 0.240. The number of hydrogen-bond acceptors (Lipinski definition) is 6. The third kappa shape index (κ3) is 3.83. The van der Waals surface area contributed by atoms with Gasteiger partial charge in [-0.3, -0.25) is 0 Å². The van der Waals surface area contributed by atoms with E-state index in [2.05, 4.69) is 0 Å². The second kappa shape index (κ2) is 8.69. The topological polar surface area (TPSA) is 52.5 Å². The van der Waals surface area contributed by atoms with Crippen molar-refractivity contribution in [2.24, 2.45) is 5.10 Å². The minimum atomic E-state index is -0.503. The first-order valence-electron chi connectivity index (χ1n) is 10.4. The first kappa shape index (κ1) is 21.7. The average Bonchev–Trinajstić information content (AvgIpc) is 3.29. The molecule has 3 aromatic carbocycles. The summed E-state index contributed by atoms with van der Waals surface area (Å²) < 4.78 is 22.6. The summed E-state index contributed by atoms with van der Waals surface area (Å²) in [6.07, 6.45) is 0.181. The Balaban J connectivity index is 1.60. The molecule has 0 bridgehead atoms. The van der Waals surface area contributed by atoms with E-state index in [1.54, 1.807) is 27.4 Å². The number of fused-ring (bicyclic) bond motifs is 3. The van der Waals surface area contributed by atoms with Gasteiger partial charge in [-0.25, -0.2) is 5.01 Å². The van der Waals surface area contributed by atoms with Crippen LogP contribution in [-0.4, -0.2) is 32.0 Å². The molecular formula is C25H22Cl2N2O4. The van der Waals surface area contributed by atoms with Crippen LogP contribution in [0.2, 0.25) is 10.0 Å². The van der Waals surface area contributed by atoms with E-state index in [1.807, 2.05) is 53.5 Å². The Hall–Kier alpha value is -3.09. The van der Waals surface area contributed by atoms with Crippen LogP contribution in [0, 0.1) is 0 Å². The van der Waals surface area contributed by atoms with Crippen LogP contribution in [0.15, 0.2) is 59.7 Å². The molecular weight excluding hydrogens is 463 g/mol. The highest BCUT2D eigenvalue weighted by atomic mass is 35.5. The standard InChI is InChI=1S/C25H22Cl2N2O4/c1-30-17-7-4-14(5-8-17)20-13-21-18-11-16(26)12-19(27)24(18)33-25(29(21)28-20)15-6-9-22(31-2)23(10-15)32-3/h4-12,21,25H,13H2,1-3H3/t21-,25+/m0/s1. The van der Waals surface area contributed by atoms with Crippen LogP contribution in [0.25, 0.3) is 0 Å². The van der Waals surface area contributed by atoms with Crippen molar-refractivity contribution in [3.8, 4) is 23.0 Å². The van der Waals surface area contributed by atoms with E-state index in [0.717, 1.165) is 28.2 Å². The first-order chi connectivity index (χ1) is 16.0. The van der Waals surface area contributed by atoms with Crippen LogP contribution in [0.1, 0.15) is 35.4 Å². The minimum Gasteiger partial charge on any atom is -0.497 e. The van der Waals surface area contributed by atoms with Crippen LogP contribution >= 0.6 is 23.2 Å². The van der Waals surface area contributed by atoms with Gasteiger partial charge in [0.1, 0.15) is 11.5 Å². The number of hydrazone groups is 1. The predicted molar refractivity (Wildman–Crippen MR) is 128 cm³/mol. The van der Waals surface area contributed by atoms with Gasteiger partial charge in [-0.05, 0) is 60.2 Å². The molecule has 6 nitrogen and oxygen atoms in total. The van der Waals surface area contributed by atoms with Gasteiger partial charge in [-0.2, -0.15) is 5.10 Å². The molecule has 3 aromatic rings. The zero-order valence-corrected chi connectivity index (χ0v) is 19.9. The maximum absolute atomic E-state index is 6.56. The molecule has 0 N–H and O–H groups in total. The minimum absolute atomic E-state index is 0.0832. The van der Waals surface area contributed by atoms with Crippen LogP contribution in [-0.2, 0) is 0 Å². The highest BCUT2D eigenvalue weighted by Gasteiger charge is 2.42. The smallest absolute Gasteiger partial charge is 0.214 e. The predicted octanol–water partition coefficient (Wildman–Crippen LogP) is 6.26. The van der Waals surface area contributed by atoms with Crippen molar-refractivity contribution in [3.05, 3.63) is 81.3 Å². The van der Waals surface area contributed by atoms with Gasteiger partial charge in [-0.15, -0.1) is 0 Å². The summed E-state index contributed by atoms with van der Waals surface area (Å²) in [4.78, 5) is 0. The molecule has 170 valence electrons. The van der Waals surface area contributed by atoms with E-state index >= 15 is 0 Å². The fourth-order valence-electron chi connectivity index (χ4n) is 4.30. The lowest BCUT2D eigenvalue weighted by molar-refractivity contribution is -0.0190. The van der Waals surface area contributed by atoms with E-state index < -0.39 is 6.23 Å². The first-order valence-corrected chi connectivity index (χ1v) is 11.2. The summed E-state index contributed by atoms with van der Waals surface area (Å²) in [5.74, 6) is 2.67. The Bertz CT molecular complexity index is 1230. The number of methoxy groups -OCH3 is 3. The maximum atomic E-state index is 6.56. The zero-order valence-electron chi connectivity index (χ0n) is 18.3. The highest BCUT2D eigenvalue weighted by Crippen LogP contribution is 2.51. The van der Waals surface area contributed by atoms with Gasteiger partial charge in [0.2, 0.25) is 6.23 Å². The van der Waals surface area contributed by atoms with Crippen molar-refractivity contribution >= 4 is 28.9 Å². The summed E-state index contributed by atoms with van der Waals surface area (Å²) >= 11 is 12.9. The Morgan fingerprint density at radius 1 is 0.909 bits per heavy atom. The van der Waals surface area contributed by atoms with Crippen LogP contribution < -0.4 is 18.9 Å². The van der Waals surface area contributed by atoms with Crippen molar-refractivity contribution in [1.29, 1.82) is 0 Å². The zero-order chi connectivity index (χ0) is 23.1. The van der Waals surface area contributed by atoms with Crippen molar-refractivity contribution < 1.29 is 18.9 Å². The number of halogens is 2. The molecule has 0 unspecified atom stereocenters. The summed E-state index contributed by atoms with van der Waals surface area (Å²) in [5, 5.41) is 7.98. The second-order valence-corrected chi connectivity index (χ2v) is 8.61. The summed E-state index contributed by atoms with van der Waals surface area (Å²) in [7, 11) is 4.87. The van der Waals surface area contributed by atoms with E-state index in [4.69, 9.17) is 47.3 Å². The molecule has 0 saturated carbocycles. The number of rotatable bonds is 5. The Morgan fingerprint density at radius 3 is 2.36 bits per heavy atom. The molecule has 2 heterocycles. The molecule has 0 aliphatic carbocycles. The molecule has 0 fully saturated rings. The van der Waals surface area contributed by atoms with Gasteiger partial charge < -0.3 is 18.9 Å². The Morgan fingerprint density at radius 2 is 1.67 bits per heavy atom. The summed E-state index contributed by atoms with van der Waals surface area (Å²) in [6, 6.07) is 17.1. The monoisotopic (exact) mass is 484 g/mol. The maximum Gasteiger partial charge on any atom is 0.214 e. The van der Waals surface area contributed by atoms with Gasteiger partial charge in [-0.1, -0.05) is 23.2 Å². The molecule has 2 aliphatic rings. The molecule has 0 saturated heterocycles. The van der Waals surface area contributed by atoms with E-state index in [1.165, 1.54) is 0 Å². The summed E-state index contributed by atoms with van der Waals surface area (Å²) in [6.45, 7) is 0. The Kier molecular flexibility index (Phi) is 5.72. The number of benzene rings is 3. The van der Waals surface area contributed by atoms with Crippen molar-refractivity contribution in [2.75, 3.05) is 21.3 Å². The molecule has 5 rings (SSSR count). The van der Waals surface area contributed by atoms with Crippen molar-refractivity contribution in [2.45, 2.75) is 18.7 Å². The molecule has 0 radical (unpaired) electrons.